The number of morpholine rings is 1. The van der Waals surface area contributed by atoms with Crippen LogP contribution >= 0.6 is 0 Å². The molecule has 112 valence electrons. The van der Waals surface area contributed by atoms with Gasteiger partial charge in [-0.05, 0) is 56.1 Å². The van der Waals surface area contributed by atoms with Crippen LogP contribution in [0, 0.1) is 6.92 Å². The number of pyridine rings is 1. The van der Waals surface area contributed by atoms with Crippen LogP contribution in [0.25, 0.3) is 5.82 Å². The van der Waals surface area contributed by atoms with Gasteiger partial charge in [0, 0.05) is 31.2 Å². The van der Waals surface area contributed by atoms with Crippen LogP contribution in [0.3, 0.4) is 0 Å². The van der Waals surface area contributed by atoms with Gasteiger partial charge in [-0.15, -0.1) is 0 Å². The maximum absolute atomic E-state index is 5.39. The van der Waals surface area contributed by atoms with E-state index < -0.39 is 0 Å². The minimum Gasteiger partial charge on any atom is -0.379 e. The van der Waals surface area contributed by atoms with Gasteiger partial charge in [-0.2, -0.15) is 0 Å². The molecular weight excluding hydrogens is 262 g/mol. The zero-order valence-corrected chi connectivity index (χ0v) is 12.7. The second-order valence-corrected chi connectivity index (χ2v) is 5.62. The lowest BCUT2D eigenvalue weighted by Gasteiger charge is -2.26. The van der Waals surface area contributed by atoms with Crippen molar-refractivity contribution in [2.45, 2.75) is 19.8 Å². The summed E-state index contributed by atoms with van der Waals surface area (Å²) in [6.45, 7) is 7.15. The fourth-order valence-corrected chi connectivity index (χ4v) is 2.80. The first kappa shape index (κ1) is 14.3. The van der Waals surface area contributed by atoms with Crippen molar-refractivity contribution >= 4 is 0 Å². The number of nitrogens with zero attached hydrogens (tertiary/aromatic N) is 3. The third kappa shape index (κ3) is 3.71. The van der Waals surface area contributed by atoms with Crippen molar-refractivity contribution in [2.24, 2.45) is 0 Å². The molecule has 2 aromatic heterocycles. The van der Waals surface area contributed by atoms with Crippen LogP contribution in [0.4, 0.5) is 0 Å². The molecule has 21 heavy (non-hydrogen) atoms. The average Bonchev–Trinajstić information content (AvgIpc) is 2.97. The van der Waals surface area contributed by atoms with Gasteiger partial charge in [-0.1, -0.05) is 0 Å². The molecule has 0 aliphatic carbocycles. The van der Waals surface area contributed by atoms with Gasteiger partial charge in [0.15, 0.2) is 0 Å². The quantitative estimate of drug-likeness (QED) is 0.845. The van der Waals surface area contributed by atoms with E-state index in [0.29, 0.717) is 0 Å². The van der Waals surface area contributed by atoms with E-state index in [1.165, 1.54) is 17.7 Å². The number of aryl methyl sites for hydroxylation is 2. The van der Waals surface area contributed by atoms with Crippen molar-refractivity contribution in [1.82, 2.24) is 14.5 Å². The molecule has 3 rings (SSSR count). The Morgan fingerprint density at radius 1 is 1.24 bits per heavy atom. The Hall–Kier alpha value is -1.65. The Labute approximate surface area is 126 Å². The van der Waals surface area contributed by atoms with Gasteiger partial charge in [-0.3, -0.25) is 4.90 Å². The number of aromatic nitrogens is 2. The average molecular weight is 285 g/mol. The molecule has 4 heteroatoms. The van der Waals surface area contributed by atoms with Gasteiger partial charge in [0.25, 0.3) is 0 Å². The van der Waals surface area contributed by atoms with Crippen molar-refractivity contribution in [1.29, 1.82) is 0 Å². The maximum Gasteiger partial charge on any atom is 0.137 e. The van der Waals surface area contributed by atoms with Crippen LogP contribution in [-0.2, 0) is 11.2 Å². The van der Waals surface area contributed by atoms with Crippen molar-refractivity contribution in [3.8, 4) is 5.82 Å². The summed E-state index contributed by atoms with van der Waals surface area (Å²) in [6, 6.07) is 8.47. The summed E-state index contributed by atoms with van der Waals surface area (Å²) in [5, 5.41) is 0. The van der Waals surface area contributed by atoms with Crippen LogP contribution in [0.5, 0.6) is 0 Å². The van der Waals surface area contributed by atoms with Crippen LogP contribution in [-0.4, -0.2) is 47.3 Å². The third-order valence-corrected chi connectivity index (χ3v) is 3.99. The molecule has 1 aliphatic rings. The molecule has 1 aliphatic heterocycles. The smallest absolute Gasteiger partial charge is 0.137 e. The van der Waals surface area contributed by atoms with E-state index in [9.17, 15) is 0 Å². The van der Waals surface area contributed by atoms with Crippen molar-refractivity contribution in [3.05, 3.63) is 47.9 Å². The van der Waals surface area contributed by atoms with Gasteiger partial charge in [0.2, 0.25) is 0 Å². The molecule has 1 saturated heterocycles. The molecule has 4 nitrogen and oxygen atoms in total. The van der Waals surface area contributed by atoms with Crippen molar-refractivity contribution < 1.29 is 4.74 Å². The van der Waals surface area contributed by atoms with Crippen LogP contribution < -0.4 is 0 Å². The van der Waals surface area contributed by atoms with Gasteiger partial charge in [0.05, 0.1) is 13.2 Å². The lowest BCUT2D eigenvalue weighted by molar-refractivity contribution is 0.0374. The Bertz CT molecular complexity index is 573. The highest BCUT2D eigenvalue weighted by molar-refractivity contribution is 5.30. The predicted molar refractivity (Wildman–Crippen MR) is 83.9 cm³/mol. The molecule has 0 N–H and O–H groups in total. The van der Waals surface area contributed by atoms with E-state index in [4.69, 9.17) is 4.74 Å². The molecule has 0 aromatic carbocycles. The summed E-state index contributed by atoms with van der Waals surface area (Å²) in [7, 11) is 0. The monoisotopic (exact) mass is 285 g/mol. The molecule has 0 amide bonds. The second kappa shape index (κ2) is 6.87. The minimum atomic E-state index is 0.879. The highest BCUT2D eigenvalue weighted by Crippen LogP contribution is 2.13. The fraction of sp³-hybridized carbons (Fsp3) is 0.471. The predicted octanol–water partition coefficient (Wildman–Crippen LogP) is 2.45. The second-order valence-electron chi connectivity index (χ2n) is 5.62. The zero-order chi connectivity index (χ0) is 14.5. The summed E-state index contributed by atoms with van der Waals surface area (Å²) >= 11 is 0. The Balaban J connectivity index is 1.60. The molecule has 2 aromatic rings. The van der Waals surface area contributed by atoms with Crippen molar-refractivity contribution in [3.63, 3.8) is 0 Å². The molecule has 0 spiro atoms. The molecule has 1 fully saturated rings. The van der Waals surface area contributed by atoms with E-state index in [-0.39, 0.29) is 0 Å². The van der Waals surface area contributed by atoms with E-state index in [2.05, 4.69) is 45.8 Å². The lowest BCUT2D eigenvalue weighted by Crippen LogP contribution is -2.37. The number of hydrogen-bond donors (Lipinski definition) is 0. The maximum atomic E-state index is 5.39. The number of ether oxygens (including phenoxy) is 1. The molecule has 0 saturated carbocycles. The van der Waals surface area contributed by atoms with Crippen LogP contribution in [0.15, 0.2) is 36.7 Å². The lowest BCUT2D eigenvalue weighted by atomic mass is 10.2. The molecule has 3 heterocycles. The van der Waals surface area contributed by atoms with Crippen LogP contribution in [0.1, 0.15) is 17.7 Å². The molecule has 0 bridgehead atoms. The van der Waals surface area contributed by atoms with E-state index >= 15 is 0 Å². The molecular formula is C17H23N3O. The summed E-state index contributed by atoms with van der Waals surface area (Å²) in [6.07, 6.45) is 6.24. The first-order valence-electron chi connectivity index (χ1n) is 7.72. The normalized spacial score (nSPS) is 16.2. The Morgan fingerprint density at radius 3 is 2.90 bits per heavy atom. The number of hydrogen-bond acceptors (Lipinski definition) is 3. The molecule has 0 atom stereocenters. The van der Waals surface area contributed by atoms with Crippen LogP contribution in [0.2, 0.25) is 0 Å². The first-order valence-corrected chi connectivity index (χ1v) is 7.72. The third-order valence-electron chi connectivity index (χ3n) is 3.99. The van der Waals surface area contributed by atoms with Gasteiger partial charge < -0.3 is 9.30 Å². The van der Waals surface area contributed by atoms with Gasteiger partial charge >= 0.3 is 0 Å². The van der Waals surface area contributed by atoms with Gasteiger partial charge in [-0.25, -0.2) is 4.98 Å². The fourth-order valence-electron chi connectivity index (χ4n) is 2.80. The largest absolute Gasteiger partial charge is 0.379 e. The first-order chi connectivity index (χ1) is 10.3. The van der Waals surface area contributed by atoms with E-state index in [1.54, 1.807) is 0 Å². The summed E-state index contributed by atoms with van der Waals surface area (Å²) in [5.41, 5.74) is 2.58. The molecule has 0 radical (unpaired) electrons. The van der Waals surface area contributed by atoms with E-state index in [0.717, 1.165) is 45.1 Å². The minimum absolute atomic E-state index is 0.879. The van der Waals surface area contributed by atoms with Crippen molar-refractivity contribution in [2.75, 3.05) is 32.8 Å². The SMILES string of the molecule is Cc1ccnc(-n2cccc2CCCN2CCOCC2)c1. The summed E-state index contributed by atoms with van der Waals surface area (Å²) < 4.78 is 7.59. The Morgan fingerprint density at radius 2 is 2.10 bits per heavy atom. The zero-order valence-electron chi connectivity index (χ0n) is 12.7. The van der Waals surface area contributed by atoms with E-state index in [1.807, 2.05) is 12.3 Å². The van der Waals surface area contributed by atoms with Gasteiger partial charge in [0.1, 0.15) is 5.82 Å². The highest BCUT2D eigenvalue weighted by atomic mass is 16.5. The number of rotatable bonds is 5. The summed E-state index contributed by atoms with van der Waals surface area (Å²) in [5.74, 6) is 1.02. The summed E-state index contributed by atoms with van der Waals surface area (Å²) in [4.78, 5) is 6.96. The topological polar surface area (TPSA) is 30.3 Å². The highest BCUT2D eigenvalue weighted by Gasteiger charge is 2.10. The molecule has 0 unspecified atom stereocenters. The standard InChI is InChI=1S/C17H23N3O/c1-15-6-7-18-17(14-15)20-9-3-5-16(20)4-2-8-19-10-12-21-13-11-19/h3,5-7,9,14H,2,4,8,10-13H2,1H3. The Kier molecular flexibility index (Phi) is 4.68.